The molecule has 37 heavy (non-hydrogen) atoms. The molecule has 0 aliphatic carbocycles. The van der Waals surface area contributed by atoms with Crippen LogP contribution in [-0.2, 0) is 13.1 Å². The molecule has 0 aliphatic rings. The highest BCUT2D eigenvalue weighted by molar-refractivity contribution is 6.79. The second-order valence-corrected chi connectivity index (χ2v) is 15.2. The predicted molar refractivity (Wildman–Crippen MR) is 146 cm³/mol. The monoisotopic (exact) mass is 524 g/mol. The Balaban J connectivity index is 2.49. The number of carboxylic acid groups (broad SMARTS) is 1. The Bertz CT molecular complexity index is 1180. The van der Waals surface area contributed by atoms with Gasteiger partial charge >= 0.3 is 6.09 Å². The van der Waals surface area contributed by atoms with Crippen molar-refractivity contribution in [1.82, 2.24) is 5.32 Å². The van der Waals surface area contributed by atoms with E-state index >= 15 is 4.39 Å². The Morgan fingerprint density at radius 1 is 1.08 bits per heavy atom. The fourth-order valence-electron chi connectivity index (χ4n) is 5.31. The van der Waals surface area contributed by atoms with E-state index in [0.29, 0.717) is 47.5 Å². The number of hydrogen-bond donors (Lipinski definition) is 3. The van der Waals surface area contributed by atoms with Crippen LogP contribution in [0.1, 0.15) is 76.6 Å². The van der Waals surface area contributed by atoms with Crippen molar-refractivity contribution >= 4 is 20.1 Å². The fourth-order valence-corrected chi connectivity index (χ4v) is 11.0. The van der Waals surface area contributed by atoms with Gasteiger partial charge in [0.15, 0.2) is 0 Å². The molecule has 1 unspecified atom stereocenters. The van der Waals surface area contributed by atoms with Crippen LogP contribution in [0.3, 0.4) is 0 Å². The van der Waals surface area contributed by atoms with Crippen molar-refractivity contribution in [2.45, 2.75) is 83.8 Å². The van der Waals surface area contributed by atoms with Crippen LogP contribution in [0.15, 0.2) is 36.4 Å². The minimum absolute atomic E-state index is 0.00453. The maximum atomic E-state index is 16.4. The van der Waals surface area contributed by atoms with Gasteiger partial charge in [-0.05, 0) is 54.3 Å². The van der Waals surface area contributed by atoms with Gasteiger partial charge in [0.25, 0.3) is 8.32 Å². The summed E-state index contributed by atoms with van der Waals surface area (Å²) in [5.41, 5.74) is 2.59. The van der Waals surface area contributed by atoms with Crippen molar-refractivity contribution in [3.63, 3.8) is 0 Å². The number of nitrogens with zero attached hydrogens (tertiary/aromatic N) is 2. The van der Waals surface area contributed by atoms with Crippen molar-refractivity contribution in [1.29, 1.82) is 10.5 Å². The molecule has 0 saturated carbocycles. The van der Waals surface area contributed by atoms with Crippen molar-refractivity contribution in [3.05, 3.63) is 58.7 Å². The number of rotatable bonds is 12. The van der Waals surface area contributed by atoms with E-state index in [4.69, 9.17) is 9.53 Å². The first-order valence-electron chi connectivity index (χ1n) is 12.6. The normalized spacial score (nSPS) is 12.9. The molecule has 0 bridgehead atoms. The highest BCUT2D eigenvalue weighted by atomic mass is 28.4. The zero-order valence-electron chi connectivity index (χ0n) is 22.5. The quantitative estimate of drug-likeness (QED) is 0.257. The third-order valence-electron chi connectivity index (χ3n) is 6.88. The molecule has 0 aliphatic heterocycles. The average molecular weight is 525 g/mol. The van der Waals surface area contributed by atoms with Gasteiger partial charge in [0.2, 0.25) is 0 Å². The summed E-state index contributed by atoms with van der Waals surface area (Å²) in [7, 11) is -3.12. The van der Waals surface area contributed by atoms with E-state index in [-0.39, 0.29) is 17.6 Å². The van der Waals surface area contributed by atoms with E-state index in [0.717, 1.165) is 5.56 Å². The average Bonchev–Trinajstić information content (AvgIpc) is 2.84. The molecule has 0 aromatic heterocycles. The molecule has 2 aromatic rings. The summed E-state index contributed by atoms with van der Waals surface area (Å²) >= 11 is 0. The molecule has 1 amide bonds. The van der Waals surface area contributed by atoms with E-state index in [2.05, 4.69) is 22.8 Å². The molecule has 2 rings (SSSR count). The molecule has 0 spiro atoms. The van der Waals surface area contributed by atoms with E-state index in [9.17, 15) is 15.3 Å². The molecule has 2 aromatic carbocycles. The van der Waals surface area contributed by atoms with Gasteiger partial charge in [0.05, 0.1) is 17.2 Å². The van der Waals surface area contributed by atoms with E-state index in [1.807, 2.05) is 40.7 Å². The third kappa shape index (κ3) is 6.61. The molecule has 1 atom stereocenters. The van der Waals surface area contributed by atoms with E-state index in [1.165, 1.54) is 0 Å². The highest BCUT2D eigenvalue weighted by Gasteiger charge is 2.59. The van der Waals surface area contributed by atoms with Gasteiger partial charge in [-0.15, -0.1) is 0 Å². The van der Waals surface area contributed by atoms with Crippen molar-refractivity contribution in [2.24, 2.45) is 0 Å². The minimum Gasteiger partial charge on any atom is -0.539 e. The summed E-state index contributed by atoms with van der Waals surface area (Å²) in [6.45, 7) is 11.9. The van der Waals surface area contributed by atoms with Crippen LogP contribution in [-0.4, -0.2) is 24.8 Å². The summed E-state index contributed by atoms with van der Waals surface area (Å²) in [5, 5.41) is 32.2. The van der Waals surface area contributed by atoms with Crippen LogP contribution in [0.2, 0.25) is 11.1 Å². The number of nitriles is 2. The predicted octanol–water partition coefficient (Wildman–Crippen LogP) is 7.02. The largest absolute Gasteiger partial charge is 0.539 e. The molecule has 9 heteroatoms. The molecule has 7 nitrogen and oxygen atoms in total. The Morgan fingerprint density at radius 3 is 2.27 bits per heavy atom. The Morgan fingerprint density at radius 2 is 1.73 bits per heavy atom. The number of hydrogen-bond acceptors (Lipinski definition) is 5. The number of para-hydroxylation sites is 1. The summed E-state index contributed by atoms with van der Waals surface area (Å²) in [4.78, 5) is 10.9. The second-order valence-electron chi connectivity index (χ2n) is 10.1. The van der Waals surface area contributed by atoms with Gasteiger partial charge in [-0.1, -0.05) is 53.2 Å². The Labute approximate surface area is 220 Å². The standard InChI is InChI=1S/C28H37FN4O3Si/c1-7-13-28(6,29)37(19(2)3,20(4)5)36-26-22(16-31)9-8-10-23(26)17-32-25-12-11-21(15-30)24(14-25)18-33-27(34)35/h8-12,14,19-20,32-33H,7,13,17-18H2,1-6H3,(H,34,35). The van der Waals surface area contributed by atoms with Crippen LogP contribution in [0.25, 0.3) is 0 Å². The summed E-state index contributed by atoms with van der Waals surface area (Å²) in [6, 6.07) is 14.7. The zero-order valence-corrected chi connectivity index (χ0v) is 23.5. The van der Waals surface area contributed by atoms with Crippen molar-refractivity contribution < 1.29 is 18.7 Å². The first-order valence-corrected chi connectivity index (χ1v) is 14.6. The fraction of sp³-hybridized carbons (Fsp3) is 0.464. The lowest BCUT2D eigenvalue weighted by Crippen LogP contribution is -2.63. The number of alkyl halides is 1. The number of amides is 1. The molecular weight excluding hydrogens is 487 g/mol. The van der Waals surface area contributed by atoms with Crippen LogP contribution < -0.4 is 15.1 Å². The molecular formula is C28H37FN4O3Si. The topological polar surface area (TPSA) is 118 Å². The van der Waals surface area contributed by atoms with Crippen LogP contribution in [0, 0.1) is 22.7 Å². The SMILES string of the molecule is CCCC(C)(F)[Si](Oc1c(C#N)cccc1CNc1ccc(C#N)c(CNC(=O)O)c1)(C(C)C)C(C)C. The van der Waals surface area contributed by atoms with Crippen LogP contribution >= 0.6 is 0 Å². The van der Waals surface area contributed by atoms with Gasteiger partial charge in [0.1, 0.15) is 17.1 Å². The van der Waals surface area contributed by atoms with Gasteiger partial charge in [0, 0.05) is 24.3 Å². The smallest absolute Gasteiger partial charge is 0.404 e. The highest BCUT2D eigenvalue weighted by Crippen LogP contribution is 2.47. The van der Waals surface area contributed by atoms with Crippen molar-refractivity contribution in [2.75, 3.05) is 5.32 Å². The molecule has 198 valence electrons. The third-order valence-corrected chi connectivity index (χ3v) is 12.7. The molecule has 0 heterocycles. The van der Waals surface area contributed by atoms with Gasteiger partial charge in [-0.25, -0.2) is 9.18 Å². The maximum Gasteiger partial charge on any atom is 0.404 e. The molecule has 0 saturated heterocycles. The first-order chi connectivity index (χ1) is 17.4. The molecule has 0 fully saturated rings. The second kappa shape index (κ2) is 12.6. The first kappa shape index (κ1) is 29.7. The lowest BCUT2D eigenvalue weighted by Gasteiger charge is -2.47. The molecule has 0 radical (unpaired) electrons. The maximum absolute atomic E-state index is 16.4. The number of anilines is 1. The number of benzene rings is 2. The number of carbonyl (C=O) groups is 1. The summed E-state index contributed by atoms with van der Waals surface area (Å²) in [5.74, 6) is 0.410. The van der Waals surface area contributed by atoms with Gasteiger partial charge < -0.3 is 20.2 Å². The number of nitrogens with one attached hydrogen (secondary N) is 2. The summed E-state index contributed by atoms with van der Waals surface area (Å²) in [6.07, 6.45) is -0.101. The van der Waals surface area contributed by atoms with Gasteiger partial charge in [-0.2, -0.15) is 10.5 Å². The Kier molecular flexibility index (Phi) is 10.1. The van der Waals surface area contributed by atoms with E-state index in [1.54, 1.807) is 37.3 Å². The number of halogens is 1. The molecule has 3 N–H and O–H groups in total. The van der Waals surface area contributed by atoms with Crippen LogP contribution in [0.4, 0.5) is 14.9 Å². The van der Waals surface area contributed by atoms with Gasteiger partial charge in [-0.3, -0.25) is 0 Å². The van der Waals surface area contributed by atoms with E-state index < -0.39 is 19.7 Å². The summed E-state index contributed by atoms with van der Waals surface area (Å²) < 4.78 is 23.2. The lowest BCUT2D eigenvalue weighted by atomic mass is 10.1. The minimum atomic E-state index is -3.12. The Hall–Kier alpha value is -3.56. The zero-order chi connectivity index (χ0) is 27.8. The van der Waals surface area contributed by atoms with Crippen LogP contribution in [0.5, 0.6) is 5.75 Å². The lowest BCUT2D eigenvalue weighted by molar-refractivity contribution is 0.194. The van der Waals surface area contributed by atoms with Crippen molar-refractivity contribution in [3.8, 4) is 17.9 Å².